The molecule has 1 aliphatic rings. The van der Waals surface area contributed by atoms with E-state index in [0.29, 0.717) is 23.6 Å². The number of nitrogens with one attached hydrogen (secondary N) is 3. The molecular weight excluding hydrogens is 404 g/mol. The molecule has 0 saturated carbocycles. The molecule has 0 aliphatic carbocycles. The van der Waals surface area contributed by atoms with E-state index in [4.69, 9.17) is 0 Å². The van der Waals surface area contributed by atoms with E-state index in [1.165, 1.54) is 0 Å². The van der Waals surface area contributed by atoms with Crippen LogP contribution in [0.4, 0.5) is 17.1 Å². The van der Waals surface area contributed by atoms with Crippen LogP contribution in [0.1, 0.15) is 49.0 Å². The van der Waals surface area contributed by atoms with Crippen LogP contribution < -0.4 is 16.0 Å². The van der Waals surface area contributed by atoms with Crippen molar-refractivity contribution in [2.45, 2.75) is 40.0 Å². The molecule has 7 heteroatoms. The zero-order valence-corrected chi connectivity index (χ0v) is 19.0. The third-order valence-electron chi connectivity index (χ3n) is 5.83. The smallest absolute Gasteiger partial charge is 0.253 e. The summed E-state index contributed by atoms with van der Waals surface area (Å²) in [5, 5.41) is 8.83. The van der Waals surface area contributed by atoms with Crippen LogP contribution in [0.3, 0.4) is 0 Å². The molecule has 3 N–H and O–H groups in total. The molecule has 0 atom stereocenters. The zero-order valence-electron chi connectivity index (χ0n) is 19.0. The monoisotopic (exact) mass is 436 g/mol. The minimum Gasteiger partial charge on any atom is -0.376 e. The van der Waals surface area contributed by atoms with Gasteiger partial charge in [-0.2, -0.15) is 0 Å². The van der Waals surface area contributed by atoms with Gasteiger partial charge in [-0.3, -0.25) is 14.4 Å². The molecule has 0 unspecified atom stereocenters. The lowest BCUT2D eigenvalue weighted by Gasteiger charge is -2.30. The van der Waals surface area contributed by atoms with Crippen molar-refractivity contribution in [3.63, 3.8) is 0 Å². The van der Waals surface area contributed by atoms with Gasteiger partial charge in [0.2, 0.25) is 11.8 Å². The van der Waals surface area contributed by atoms with Gasteiger partial charge in [0.1, 0.15) is 0 Å². The first-order valence-corrected chi connectivity index (χ1v) is 11.2. The van der Waals surface area contributed by atoms with E-state index in [1.807, 2.05) is 30.0 Å². The minimum atomic E-state index is -0.219. The van der Waals surface area contributed by atoms with Gasteiger partial charge in [-0.25, -0.2) is 0 Å². The molecule has 0 spiro atoms. The van der Waals surface area contributed by atoms with E-state index < -0.39 is 0 Å². The fraction of sp³-hybridized carbons (Fsp3) is 0.400. The van der Waals surface area contributed by atoms with Crippen LogP contribution in [0, 0.1) is 12.8 Å². The average Bonchev–Trinajstić information content (AvgIpc) is 2.79. The average molecular weight is 437 g/mol. The lowest BCUT2D eigenvalue weighted by atomic mass is 9.98. The molecule has 0 aromatic heterocycles. The fourth-order valence-corrected chi connectivity index (χ4v) is 3.71. The highest BCUT2D eigenvalue weighted by atomic mass is 16.2. The summed E-state index contributed by atoms with van der Waals surface area (Å²) in [7, 11) is 0. The molecule has 1 heterocycles. The van der Waals surface area contributed by atoms with Gasteiger partial charge in [-0.15, -0.1) is 0 Å². The molecule has 1 fully saturated rings. The van der Waals surface area contributed by atoms with E-state index in [2.05, 4.69) is 22.9 Å². The van der Waals surface area contributed by atoms with Crippen molar-refractivity contribution in [3.05, 3.63) is 53.6 Å². The Balaban J connectivity index is 1.58. The first-order valence-electron chi connectivity index (χ1n) is 11.2. The summed E-state index contributed by atoms with van der Waals surface area (Å²) in [6, 6.07) is 12.6. The Morgan fingerprint density at radius 2 is 1.66 bits per heavy atom. The third kappa shape index (κ3) is 6.09. The van der Waals surface area contributed by atoms with Gasteiger partial charge in [-0.1, -0.05) is 26.0 Å². The molecule has 2 aromatic carbocycles. The maximum atomic E-state index is 12.8. The summed E-state index contributed by atoms with van der Waals surface area (Å²) in [6.07, 6.45) is 2.45. The van der Waals surface area contributed by atoms with Gasteiger partial charge < -0.3 is 20.9 Å². The highest BCUT2D eigenvalue weighted by Gasteiger charge is 2.21. The quantitative estimate of drug-likeness (QED) is 0.605. The van der Waals surface area contributed by atoms with Crippen LogP contribution in [0.5, 0.6) is 0 Å². The van der Waals surface area contributed by atoms with E-state index in [9.17, 15) is 14.4 Å². The van der Waals surface area contributed by atoms with Crippen molar-refractivity contribution in [1.29, 1.82) is 0 Å². The normalized spacial score (nSPS) is 14.0. The number of carbonyl (C=O) groups excluding carboxylic acids is 3. The molecule has 0 radical (unpaired) electrons. The number of nitrogens with zero attached hydrogens (tertiary/aromatic N) is 1. The minimum absolute atomic E-state index is 0.00712. The summed E-state index contributed by atoms with van der Waals surface area (Å²) >= 11 is 0. The van der Waals surface area contributed by atoms with Crippen LogP contribution in [-0.2, 0) is 9.59 Å². The van der Waals surface area contributed by atoms with Crippen LogP contribution >= 0.6 is 0 Å². The Labute approximate surface area is 189 Å². The molecule has 7 nitrogen and oxygen atoms in total. The van der Waals surface area contributed by atoms with Gasteiger partial charge in [-0.05, 0) is 61.6 Å². The van der Waals surface area contributed by atoms with E-state index in [0.717, 1.165) is 42.9 Å². The van der Waals surface area contributed by atoms with Gasteiger partial charge >= 0.3 is 0 Å². The fourth-order valence-electron chi connectivity index (χ4n) is 3.71. The number of hydrogen-bond donors (Lipinski definition) is 3. The van der Waals surface area contributed by atoms with Crippen LogP contribution in [0.25, 0.3) is 0 Å². The van der Waals surface area contributed by atoms with Gasteiger partial charge in [0.05, 0.1) is 6.54 Å². The Kier molecular flexibility index (Phi) is 7.87. The molecule has 0 bridgehead atoms. The number of benzene rings is 2. The molecule has 3 amide bonds. The standard InChI is InChI=1S/C25H32N4O3/c1-4-23(30)28-22-10-6-9-21(18(22)3)26-16-24(31)27-20-8-5-7-19(15-20)25(32)29-13-11-17(2)12-14-29/h5-10,15,17,26H,4,11-14,16H2,1-3H3,(H,27,31)(H,28,30). The summed E-state index contributed by atoms with van der Waals surface area (Å²) < 4.78 is 0. The highest BCUT2D eigenvalue weighted by molar-refractivity contribution is 5.98. The second kappa shape index (κ2) is 10.8. The number of rotatable bonds is 7. The Morgan fingerprint density at radius 3 is 2.38 bits per heavy atom. The third-order valence-corrected chi connectivity index (χ3v) is 5.83. The van der Waals surface area contributed by atoms with Crippen molar-refractivity contribution in [1.82, 2.24) is 4.90 Å². The number of piperidine rings is 1. The number of amides is 3. The van der Waals surface area contributed by atoms with Gasteiger partial charge in [0.15, 0.2) is 0 Å². The van der Waals surface area contributed by atoms with E-state index >= 15 is 0 Å². The van der Waals surface area contributed by atoms with E-state index in [-0.39, 0.29) is 24.3 Å². The second-order valence-electron chi connectivity index (χ2n) is 8.34. The van der Waals surface area contributed by atoms with Crippen molar-refractivity contribution < 1.29 is 14.4 Å². The molecule has 2 aromatic rings. The van der Waals surface area contributed by atoms with Gasteiger partial charge in [0, 0.05) is 42.1 Å². The van der Waals surface area contributed by atoms with Crippen molar-refractivity contribution >= 4 is 34.8 Å². The SMILES string of the molecule is CCC(=O)Nc1cccc(NCC(=O)Nc2cccc(C(=O)N3CCC(C)CC3)c2)c1C. The predicted octanol–water partition coefficient (Wildman–Crippen LogP) is 4.27. The molecule has 1 aliphatic heterocycles. The molecule has 32 heavy (non-hydrogen) atoms. The maximum Gasteiger partial charge on any atom is 0.253 e. The molecule has 1 saturated heterocycles. The molecular formula is C25H32N4O3. The van der Waals surface area contributed by atoms with Crippen molar-refractivity contribution in [2.75, 3.05) is 35.6 Å². The lowest BCUT2D eigenvalue weighted by molar-refractivity contribution is -0.116. The lowest BCUT2D eigenvalue weighted by Crippen LogP contribution is -2.37. The first-order chi connectivity index (χ1) is 15.4. The maximum absolute atomic E-state index is 12.8. The number of carbonyl (C=O) groups is 3. The first kappa shape index (κ1) is 23.3. The highest BCUT2D eigenvalue weighted by Crippen LogP contribution is 2.23. The predicted molar refractivity (Wildman–Crippen MR) is 128 cm³/mol. The Hall–Kier alpha value is -3.35. The Morgan fingerprint density at radius 1 is 0.969 bits per heavy atom. The van der Waals surface area contributed by atoms with Crippen LogP contribution in [0.15, 0.2) is 42.5 Å². The zero-order chi connectivity index (χ0) is 23.1. The number of hydrogen-bond acceptors (Lipinski definition) is 4. The largest absolute Gasteiger partial charge is 0.376 e. The van der Waals surface area contributed by atoms with Crippen molar-refractivity contribution in [3.8, 4) is 0 Å². The summed E-state index contributed by atoms with van der Waals surface area (Å²) in [4.78, 5) is 38.8. The Bertz CT molecular complexity index is 981. The summed E-state index contributed by atoms with van der Waals surface area (Å²) in [5.74, 6) is 0.386. The van der Waals surface area contributed by atoms with Crippen LogP contribution in [0.2, 0.25) is 0 Å². The summed E-state index contributed by atoms with van der Waals surface area (Å²) in [5.41, 5.74) is 3.54. The van der Waals surface area contributed by atoms with Crippen LogP contribution in [-0.4, -0.2) is 42.3 Å². The van der Waals surface area contributed by atoms with E-state index in [1.54, 1.807) is 31.2 Å². The topological polar surface area (TPSA) is 90.5 Å². The number of likely N-dealkylation sites (tertiary alicyclic amines) is 1. The van der Waals surface area contributed by atoms with Gasteiger partial charge in [0.25, 0.3) is 5.91 Å². The second-order valence-corrected chi connectivity index (χ2v) is 8.34. The summed E-state index contributed by atoms with van der Waals surface area (Å²) in [6.45, 7) is 7.52. The molecule has 3 rings (SSSR count). The molecule has 170 valence electrons. The van der Waals surface area contributed by atoms with Crippen molar-refractivity contribution in [2.24, 2.45) is 5.92 Å². The number of anilines is 3.